The van der Waals surface area contributed by atoms with Crippen LogP contribution in [0.15, 0.2) is 12.2 Å². The normalized spacial score (nSPS) is 55.9. The van der Waals surface area contributed by atoms with E-state index in [1.54, 1.807) is 0 Å². The highest BCUT2D eigenvalue weighted by Gasteiger charge is 2.61. The van der Waals surface area contributed by atoms with E-state index in [0.717, 1.165) is 23.7 Å². The Morgan fingerprint density at radius 3 is 2.61 bits per heavy atom. The van der Waals surface area contributed by atoms with E-state index in [1.807, 2.05) is 7.11 Å². The van der Waals surface area contributed by atoms with Crippen molar-refractivity contribution < 1.29 is 4.74 Å². The third kappa shape index (κ3) is 2.13. The average molecular weight is 318 g/mol. The summed E-state index contributed by atoms with van der Waals surface area (Å²) in [6, 6.07) is 0.419. The van der Waals surface area contributed by atoms with Crippen molar-refractivity contribution in [2.24, 2.45) is 40.2 Å². The molecule has 0 bridgehead atoms. The number of hydrogen-bond donors (Lipinski definition) is 1. The van der Waals surface area contributed by atoms with Crippen LogP contribution >= 0.6 is 0 Å². The smallest absolute Gasteiger partial charge is 0.0608 e. The van der Waals surface area contributed by atoms with Gasteiger partial charge in [0.15, 0.2) is 0 Å². The fourth-order valence-corrected chi connectivity index (χ4v) is 7.39. The molecule has 0 spiro atoms. The molecule has 4 saturated carbocycles. The molecule has 130 valence electrons. The Morgan fingerprint density at radius 2 is 1.87 bits per heavy atom. The minimum absolute atomic E-state index is 0.381. The van der Waals surface area contributed by atoms with Gasteiger partial charge in [0.2, 0.25) is 0 Å². The second kappa shape index (κ2) is 5.33. The Morgan fingerprint density at radius 1 is 1.09 bits per heavy atom. The molecule has 0 aromatic rings. The van der Waals surface area contributed by atoms with Crippen LogP contribution in [0.25, 0.3) is 0 Å². The first kappa shape index (κ1) is 16.1. The van der Waals surface area contributed by atoms with E-state index in [9.17, 15) is 0 Å². The summed E-state index contributed by atoms with van der Waals surface area (Å²) in [4.78, 5) is 0. The first-order chi connectivity index (χ1) is 10.9. The summed E-state index contributed by atoms with van der Waals surface area (Å²) in [5, 5.41) is 0. The van der Waals surface area contributed by atoms with Crippen molar-refractivity contribution in [2.45, 2.75) is 77.4 Å². The van der Waals surface area contributed by atoms with Crippen LogP contribution < -0.4 is 5.73 Å². The van der Waals surface area contributed by atoms with Crippen LogP contribution in [0.4, 0.5) is 0 Å². The van der Waals surface area contributed by atoms with Gasteiger partial charge in [-0.3, -0.25) is 0 Å². The lowest BCUT2D eigenvalue weighted by atomic mass is 9.44. The number of ether oxygens (including phenoxy) is 1. The summed E-state index contributed by atoms with van der Waals surface area (Å²) >= 11 is 0. The molecule has 0 heterocycles. The number of methoxy groups -OCH3 is 1. The molecule has 0 aliphatic heterocycles. The van der Waals surface area contributed by atoms with Gasteiger partial charge in [0.05, 0.1) is 6.10 Å². The van der Waals surface area contributed by atoms with E-state index >= 15 is 0 Å². The molecule has 2 heteroatoms. The van der Waals surface area contributed by atoms with Gasteiger partial charge in [-0.15, -0.1) is 0 Å². The molecule has 4 fully saturated rings. The maximum Gasteiger partial charge on any atom is 0.0608 e. The fourth-order valence-electron chi connectivity index (χ4n) is 7.39. The molecule has 4 aliphatic rings. The summed E-state index contributed by atoms with van der Waals surface area (Å²) in [5.41, 5.74) is 8.73. The molecule has 2 N–H and O–H groups in total. The number of hydrogen-bond acceptors (Lipinski definition) is 2. The Hall–Kier alpha value is -0.340. The maximum atomic E-state index is 6.33. The topological polar surface area (TPSA) is 35.2 Å². The number of allylic oxidation sites excluding steroid dienone is 1. The lowest BCUT2D eigenvalue weighted by Gasteiger charge is -2.62. The van der Waals surface area contributed by atoms with Crippen molar-refractivity contribution in [1.29, 1.82) is 0 Å². The second-order valence-corrected chi connectivity index (χ2v) is 9.64. The van der Waals surface area contributed by atoms with Crippen molar-refractivity contribution in [3.05, 3.63) is 12.2 Å². The van der Waals surface area contributed by atoms with E-state index in [1.165, 1.54) is 56.9 Å². The van der Waals surface area contributed by atoms with Crippen LogP contribution in [0.2, 0.25) is 0 Å². The minimum atomic E-state index is 0.381. The van der Waals surface area contributed by atoms with Gasteiger partial charge in [0.25, 0.3) is 0 Å². The van der Waals surface area contributed by atoms with E-state index in [4.69, 9.17) is 10.5 Å². The molecule has 23 heavy (non-hydrogen) atoms. The summed E-state index contributed by atoms with van der Waals surface area (Å²) in [6.07, 6.45) is 10.8. The maximum absolute atomic E-state index is 6.33. The molecule has 0 saturated heterocycles. The Labute approximate surface area is 142 Å². The van der Waals surface area contributed by atoms with Gasteiger partial charge in [0, 0.05) is 13.2 Å². The van der Waals surface area contributed by atoms with Crippen LogP contribution in [0, 0.1) is 34.5 Å². The van der Waals surface area contributed by atoms with E-state index < -0.39 is 0 Å². The lowest BCUT2D eigenvalue weighted by molar-refractivity contribution is -0.164. The third-order valence-electron chi connectivity index (χ3n) is 8.96. The second-order valence-electron chi connectivity index (χ2n) is 9.64. The van der Waals surface area contributed by atoms with Crippen molar-refractivity contribution in [1.82, 2.24) is 0 Å². The molecule has 2 nitrogen and oxygen atoms in total. The van der Waals surface area contributed by atoms with Crippen molar-refractivity contribution >= 4 is 0 Å². The van der Waals surface area contributed by atoms with Crippen LogP contribution in [0.3, 0.4) is 0 Å². The highest BCUT2D eigenvalue weighted by Crippen LogP contribution is 2.67. The van der Waals surface area contributed by atoms with E-state index in [0.29, 0.717) is 23.0 Å². The summed E-state index contributed by atoms with van der Waals surface area (Å²) in [7, 11) is 1.95. The van der Waals surface area contributed by atoms with Gasteiger partial charge >= 0.3 is 0 Å². The van der Waals surface area contributed by atoms with Crippen LogP contribution in [0.5, 0.6) is 0 Å². The molecule has 8 atom stereocenters. The monoisotopic (exact) mass is 317 g/mol. The Kier molecular flexibility index (Phi) is 3.74. The van der Waals surface area contributed by atoms with Gasteiger partial charge < -0.3 is 10.5 Å². The summed E-state index contributed by atoms with van der Waals surface area (Å²) in [5.74, 6) is 3.15. The SMILES string of the molecule is C=C1CCC2C3C(CC[C@]12C)[C@@]1(C)CC[C@@H](N)CC1C[C@@H]3OC. The predicted molar refractivity (Wildman–Crippen MR) is 95.0 cm³/mol. The van der Waals surface area contributed by atoms with Gasteiger partial charge in [-0.25, -0.2) is 0 Å². The zero-order chi connectivity index (χ0) is 16.4. The van der Waals surface area contributed by atoms with E-state index in [-0.39, 0.29) is 0 Å². The highest BCUT2D eigenvalue weighted by atomic mass is 16.5. The van der Waals surface area contributed by atoms with Gasteiger partial charge in [-0.1, -0.05) is 26.0 Å². The number of rotatable bonds is 1. The largest absolute Gasteiger partial charge is 0.381 e. The minimum Gasteiger partial charge on any atom is -0.381 e. The Balaban J connectivity index is 1.70. The Bertz CT molecular complexity index is 502. The molecular weight excluding hydrogens is 282 g/mol. The van der Waals surface area contributed by atoms with Gasteiger partial charge in [-0.2, -0.15) is 0 Å². The zero-order valence-corrected chi connectivity index (χ0v) is 15.3. The number of nitrogens with two attached hydrogens (primary N) is 1. The van der Waals surface area contributed by atoms with Gasteiger partial charge in [-0.05, 0) is 85.9 Å². The van der Waals surface area contributed by atoms with Crippen LogP contribution in [0.1, 0.15) is 65.2 Å². The molecule has 0 radical (unpaired) electrons. The molecule has 0 amide bonds. The molecular formula is C21H35NO. The standard InChI is InChI=1S/C21H35NO/c1-13-5-6-16-19-17(8-10-20(13,16)2)21(3)9-7-15(22)11-14(21)12-18(19)23-4/h14-19H,1,5-12,22H2,2-4H3/t14?,15-,16?,17?,18+,19?,20-,21+/m1/s1. The van der Waals surface area contributed by atoms with Crippen molar-refractivity contribution in [2.75, 3.05) is 7.11 Å². The van der Waals surface area contributed by atoms with Crippen molar-refractivity contribution in [3.8, 4) is 0 Å². The van der Waals surface area contributed by atoms with Crippen LogP contribution in [-0.2, 0) is 4.74 Å². The fraction of sp³-hybridized carbons (Fsp3) is 0.905. The quantitative estimate of drug-likeness (QED) is 0.721. The molecule has 0 aromatic carbocycles. The molecule has 0 aromatic heterocycles. The van der Waals surface area contributed by atoms with Crippen LogP contribution in [-0.4, -0.2) is 19.3 Å². The first-order valence-electron chi connectivity index (χ1n) is 9.87. The molecule has 4 aliphatic carbocycles. The molecule has 4 rings (SSSR count). The predicted octanol–water partition coefficient (Wildman–Crippen LogP) is 4.54. The highest BCUT2D eigenvalue weighted by molar-refractivity contribution is 5.22. The third-order valence-corrected chi connectivity index (χ3v) is 8.96. The zero-order valence-electron chi connectivity index (χ0n) is 15.3. The van der Waals surface area contributed by atoms with E-state index in [2.05, 4.69) is 20.4 Å². The van der Waals surface area contributed by atoms with Gasteiger partial charge in [0.1, 0.15) is 0 Å². The number of fused-ring (bicyclic) bond motifs is 5. The van der Waals surface area contributed by atoms with Crippen molar-refractivity contribution in [3.63, 3.8) is 0 Å². The summed E-state index contributed by atoms with van der Waals surface area (Å²) < 4.78 is 6.11. The average Bonchev–Trinajstić information content (AvgIpc) is 2.83. The summed E-state index contributed by atoms with van der Waals surface area (Å²) in [6.45, 7) is 9.55. The lowest BCUT2D eigenvalue weighted by Crippen LogP contribution is -2.59. The first-order valence-corrected chi connectivity index (χ1v) is 9.87. The molecule has 4 unspecified atom stereocenters.